The van der Waals surface area contributed by atoms with E-state index in [9.17, 15) is 4.79 Å². The second-order valence-corrected chi connectivity index (χ2v) is 4.81. The second kappa shape index (κ2) is 4.49. The number of rotatable bonds is 3. The van der Waals surface area contributed by atoms with Crippen molar-refractivity contribution < 1.29 is 9.90 Å². The molecule has 7 heteroatoms. The van der Waals surface area contributed by atoms with Crippen molar-refractivity contribution >= 4 is 17.6 Å². The first kappa shape index (κ1) is 11.9. The number of carboxylic acids is 1. The summed E-state index contributed by atoms with van der Waals surface area (Å²) in [7, 11) is 0. The van der Waals surface area contributed by atoms with Crippen LogP contribution in [0.3, 0.4) is 0 Å². The molecule has 1 aliphatic heterocycles. The molecule has 1 fully saturated rings. The molecule has 0 bridgehead atoms. The summed E-state index contributed by atoms with van der Waals surface area (Å²) in [6, 6.07) is 1.95. The fourth-order valence-corrected chi connectivity index (χ4v) is 2.67. The van der Waals surface area contributed by atoms with Crippen LogP contribution in [0.1, 0.15) is 25.0 Å². The molecule has 1 saturated heterocycles. The van der Waals surface area contributed by atoms with Crippen molar-refractivity contribution in [1.29, 1.82) is 0 Å². The van der Waals surface area contributed by atoms with Crippen molar-refractivity contribution in [3.05, 3.63) is 18.1 Å². The maximum Gasteiger partial charge on any atom is 0.305 e. The Kier molecular flexibility index (Phi) is 2.81. The predicted molar refractivity (Wildman–Crippen MR) is 68.1 cm³/mol. The molecule has 7 nitrogen and oxygen atoms in total. The highest BCUT2D eigenvalue weighted by Crippen LogP contribution is 2.27. The van der Waals surface area contributed by atoms with Crippen LogP contribution in [0.5, 0.6) is 0 Å². The SMILES string of the molecule is Cc1cc(N2CCCC2CC(=O)O)n2ncnc2n1. The number of carboxylic acid groups (broad SMARTS) is 1. The van der Waals surface area contributed by atoms with Crippen molar-refractivity contribution in [3.8, 4) is 0 Å². The third-order valence-electron chi connectivity index (χ3n) is 3.44. The summed E-state index contributed by atoms with van der Waals surface area (Å²) in [5.74, 6) is 0.664. The molecule has 1 unspecified atom stereocenters. The van der Waals surface area contributed by atoms with Gasteiger partial charge in [0.2, 0.25) is 0 Å². The topological polar surface area (TPSA) is 83.6 Å². The Hall–Kier alpha value is -2.18. The van der Waals surface area contributed by atoms with Crippen LogP contribution in [0.2, 0.25) is 0 Å². The minimum atomic E-state index is -0.766. The molecule has 0 saturated carbocycles. The van der Waals surface area contributed by atoms with E-state index >= 15 is 0 Å². The van der Waals surface area contributed by atoms with Crippen LogP contribution in [0.25, 0.3) is 5.78 Å². The van der Waals surface area contributed by atoms with Gasteiger partial charge in [0.05, 0.1) is 6.42 Å². The molecule has 0 aliphatic carbocycles. The lowest BCUT2D eigenvalue weighted by molar-refractivity contribution is -0.137. The summed E-state index contributed by atoms with van der Waals surface area (Å²) in [6.07, 6.45) is 3.50. The summed E-state index contributed by atoms with van der Waals surface area (Å²) >= 11 is 0. The van der Waals surface area contributed by atoms with Gasteiger partial charge in [0.1, 0.15) is 12.1 Å². The van der Waals surface area contributed by atoms with Gasteiger partial charge in [-0.15, -0.1) is 0 Å². The van der Waals surface area contributed by atoms with Crippen molar-refractivity contribution in [1.82, 2.24) is 19.6 Å². The third kappa shape index (κ3) is 2.11. The summed E-state index contributed by atoms with van der Waals surface area (Å²) in [4.78, 5) is 21.4. The van der Waals surface area contributed by atoms with E-state index in [1.807, 2.05) is 13.0 Å². The fourth-order valence-electron chi connectivity index (χ4n) is 2.67. The monoisotopic (exact) mass is 261 g/mol. The molecule has 0 radical (unpaired) electrons. The zero-order valence-corrected chi connectivity index (χ0v) is 10.7. The number of nitrogens with zero attached hydrogens (tertiary/aromatic N) is 5. The molecule has 0 amide bonds. The number of aliphatic carboxylic acids is 1. The van der Waals surface area contributed by atoms with Crippen molar-refractivity contribution in [2.24, 2.45) is 0 Å². The zero-order chi connectivity index (χ0) is 13.4. The number of anilines is 1. The predicted octanol–water partition coefficient (Wildman–Crippen LogP) is 0.876. The van der Waals surface area contributed by atoms with E-state index in [1.54, 1.807) is 4.52 Å². The number of aromatic nitrogens is 4. The Balaban J connectivity index is 2.02. The summed E-state index contributed by atoms with van der Waals surface area (Å²) in [6.45, 7) is 2.75. The lowest BCUT2D eigenvalue weighted by atomic mass is 10.1. The molecule has 19 heavy (non-hydrogen) atoms. The highest BCUT2D eigenvalue weighted by molar-refractivity contribution is 5.68. The zero-order valence-electron chi connectivity index (χ0n) is 10.7. The average molecular weight is 261 g/mol. The van der Waals surface area contributed by atoms with Gasteiger partial charge in [-0.2, -0.15) is 14.6 Å². The molecule has 0 aromatic carbocycles. The molecule has 2 aromatic rings. The number of hydrogen-bond donors (Lipinski definition) is 1. The maximum absolute atomic E-state index is 10.9. The first-order chi connectivity index (χ1) is 9.15. The average Bonchev–Trinajstić information content (AvgIpc) is 2.95. The van der Waals surface area contributed by atoms with Crippen molar-refractivity contribution in [2.75, 3.05) is 11.4 Å². The standard InChI is InChI=1S/C12H15N5O2/c1-8-5-10(17-12(15-8)13-7-14-17)16-4-2-3-9(16)6-11(18)19/h5,7,9H,2-4,6H2,1H3,(H,18,19). The van der Waals surface area contributed by atoms with Crippen LogP contribution in [0.4, 0.5) is 5.82 Å². The number of aryl methyl sites for hydroxylation is 1. The van der Waals surface area contributed by atoms with Crippen LogP contribution in [0, 0.1) is 6.92 Å². The Morgan fingerprint density at radius 3 is 3.21 bits per heavy atom. The van der Waals surface area contributed by atoms with Crippen molar-refractivity contribution in [2.45, 2.75) is 32.2 Å². The quantitative estimate of drug-likeness (QED) is 0.882. The Labute approximate surface area is 109 Å². The fraction of sp³-hybridized carbons (Fsp3) is 0.500. The van der Waals surface area contributed by atoms with Gasteiger partial charge in [-0.1, -0.05) is 0 Å². The van der Waals surface area contributed by atoms with E-state index in [4.69, 9.17) is 5.11 Å². The van der Waals surface area contributed by atoms with Crippen LogP contribution < -0.4 is 4.90 Å². The minimum Gasteiger partial charge on any atom is -0.481 e. The van der Waals surface area contributed by atoms with E-state index in [1.165, 1.54) is 6.33 Å². The van der Waals surface area contributed by atoms with Gasteiger partial charge in [-0.05, 0) is 19.8 Å². The normalized spacial score (nSPS) is 19.2. The van der Waals surface area contributed by atoms with Gasteiger partial charge in [0, 0.05) is 24.3 Å². The molecule has 3 rings (SSSR count). The molecule has 100 valence electrons. The number of fused-ring (bicyclic) bond motifs is 1. The second-order valence-electron chi connectivity index (χ2n) is 4.81. The van der Waals surface area contributed by atoms with Crippen LogP contribution in [0.15, 0.2) is 12.4 Å². The number of hydrogen-bond acceptors (Lipinski definition) is 5. The van der Waals surface area contributed by atoms with Crippen LogP contribution >= 0.6 is 0 Å². The van der Waals surface area contributed by atoms with Gasteiger partial charge in [0.15, 0.2) is 0 Å². The molecular formula is C12H15N5O2. The Morgan fingerprint density at radius 2 is 2.42 bits per heavy atom. The molecule has 1 atom stereocenters. The summed E-state index contributed by atoms with van der Waals surface area (Å²) in [5, 5.41) is 13.2. The van der Waals surface area contributed by atoms with Crippen LogP contribution in [-0.2, 0) is 4.79 Å². The largest absolute Gasteiger partial charge is 0.481 e. The van der Waals surface area contributed by atoms with E-state index in [-0.39, 0.29) is 12.5 Å². The number of carbonyl (C=O) groups is 1. The van der Waals surface area contributed by atoms with Crippen LogP contribution in [-0.4, -0.2) is 43.2 Å². The first-order valence-electron chi connectivity index (χ1n) is 6.31. The van der Waals surface area contributed by atoms with E-state index in [2.05, 4.69) is 20.0 Å². The molecule has 0 spiro atoms. The highest BCUT2D eigenvalue weighted by atomic mass is 16.4. The van der Waals surface area contributed by atoms with Gasteiger partial charge in [-0.25, -0.2) is 4.98 Å². The first-order valence-corrected chi connectivity index (χ1v) is 6.31. The van der Waals surface area contributed by atoms with Gasteiger partial charge < -0.3 is 10.0 Å². The van der Waals surface area contributed by atoms with Gasteiger partial charge >= 0.3 is 5.97 Å². The smallest absolute Gasteiger partial charge is 0.305 e. The minimum absolute atomic E-state index is 0.0201. The van der Waals surface area contributed by atoms with Crippen molar-refractivity contribution in [3.63, 3.8) is 0 Å². The summed E-state index contributed by atoms with van der Waals surface area (Å²) < 4.78 is 1.67. The van der Waals surface area contributed by atoms with Gasteiger partial charge in [-0.3, -0.25) is 4.79 Å². The lowest BCUT2D eigenvalue weighted by Crippen LogP contribution is -2.33. The summed E-state index contributed by atoms with van der Waals surface area (Å²) in [5.41, 5.74) is 0.858. The van der Waals surface area contributed by atoms with E-state index in [0.717, 1.165) is 30.9 Å². The molecule has 1 N–H and O–H groups in total. The van der Waals surface area contributed by atoms with E-state index in [0.29, 0.717) is 5.78 Å². The van der Waals surface area contributed by atoms with E-state index < -0.39 is 5.97 Å². The highest BCUT2D eigenvalue weighted by Gasteiger charge is 2.28. The maximum atomic E-state index is 10.9. The molecule has 2 aromatic heterocycles. The third-order valence-corrected chi connectivity index (χ3v) is 3.44. The van der Waals surface area contributed by atoms with Gasteiger partial charge in [0.25, 0.3) is 5.78 Å². The molecule has 1 aliphatic rings. The molecule has 3 heterocycles. The Bertz CT molecular complexity index is 624. The molecular weight excluding hydrogens is 246 g/mol. The Morgan fingerprint density at radius 1 is 1.58 bits per heavy atom. The lowest BCUT2D eigenvalue weighted by Gasteiger charge is -2.25.